The van der Waals surface area contributed by atoms with Crippen molar-refractivity contribution in [3.05, 3.63) is 0 Å². The van der Waals surface area contributed by atoms with Crippen LogP contribution in [0.2, 0.25) is 0 Å². The van der Waals surface area contributed by atoms with Crippen molar-refractivity contribution in [3.63, 3.8) is 0 Å². The molecule has 264 valence electrons. The Morgan fingerprint density at radius 2 is 0.818 bits per heavy atom. The molecular weight excluding hydrogens is 627 g/mol. The van der Waals surface area contributed by atoms with Crippen LogP contribution in [0.25, 0.3) is 0 Å². The number of amides is 1. The molecule has 0 aliphatic rings. The van der Waals surface area contributed by atoms with Crippen molar-refractivity contribution in [2.24, 2.45) is 0 Å². The van der Waals surface area contributed by atoms with Crippen molar-refractivity contribution in [1.82, 2.24) is 5.32 Å². The summed E-state index contributed by atoms with van der Waals surface area (Å²) in [5.74, 6) is -33.3. The highest BCUT2D eigenvalue weighted by atomic mass is 19.4. The minimum absolute atomic E-state index is 0.1000. The lowest BCUT2D eigenvalue weighted by Gasteiger charge is -2.39. The van der Waals surface area contributed by atoms with E-state index in [2.05, 4.69) is 6.92 Å². The third kappa shape index (κ3) is 12.0. The molecule has 1 N–H and O–H groups in total. The zero-order valence-corrected chi connectivity index (χ0v) is 25.5. The molecular formula is C28H46F13N2O+. The van der Waals surface area contributed by atoms with Crippen molar-refractivity contribution in [3.8, 4) is 0 Å². The first-order valence-electron chi connectivity index (χ1n) is 15.0. The Morgan fingerprint density at radius 3 is 1.16 bits per heavy atom. The summed E-state index contributed by atoms with van der Waals surface area (Å²) in [5.41, 5.74) is 0. The number of nitrogens with zero attached hydrogens (tertiary/aromatic N) is 1. The Morgan fingerprint density at radius 1 is 0.500 bits per heavy atom. The van der Waals surface area contributed by atoms with Crippen LogP contribution in [0.1, 0.15) is 110 Å². The SMILES string of the molecule is CCCCCCCCCCCCCCCCCC[N+](C)(C)CC(=O)NC(F)(F)C(F)(F)C(F)(F)C(F)(F)C(F)(F)C(F)(F)F. The fourth-order valence-corrected chi connectivity index (χ4v) is 4.62. The monoisotopic (exact) mass is 673 g/mol. The first kappa shape index (κ1) is 42.5. The number of hydrogen-bond acceptors (Lipinski definition) is 1. The third-order valence-electron chi connectivity index (χ3n) is 7.42. The van der Waals surface area contributed by atoms with Crippen molar-refractivity contribution in [2.75, 3.05) is 27.2 Å². The standard InChI is InChI=1S/C28H45F13N2O/c1-4-5-6-7-8-9-10-11-12-13-14-15-16-17-18-19-20-43(2,3)21-22(44)42-28(40,41)26(35,36)24(31,32)23(29,30)25(33,34)27(37,38)39/h4-21H2,1-3H3/p+1. The van der Waals surface area contributed by atoms with Crippen LogP contribution >= 0.6 is 0 Å². The summed E-state index contributed by atoms with van der Waals surface area (Å²) in [6.45, 7) is 1.29. The Kier molecular flexibility index (Phi) is 16.9. The Labute approximate surface area is 250 Å². The number of carbonyl (C=O) groups is 1. The van der Waals surface area contributed by atoms with Gasteiger partial charge in [0.15, 0.2) is 6.54 Å². The van der Waals surface area contributed by atoms with E-state index in [4.69, 9.17) is 0 Å². The molecule has 0 saturated carbocycles. The van der Waals surface area contributed by atoms with Gasteiger partial charge in [-0.1, -0.05) is 96.8 Å². The van der Waals surface area contributed by atoms with Gasteiger partial charge >= 0.3 is 35.9 Å². The highest BCUT2D eigenvalue weighted by molar-refractivity contribution is 5.77. The predicted octanol–water partition coefficient (Wildman–Crippen LogP) is 10.1. The summed E-state index contributed by atoms with van der Waals surface area (Å²) < 4.78 is 171. The number of alkyl halides is 13. The van der Waals surface area contributed by atoms with Crippen LogP contribution in [0.5, 0.6) is 0 Å². The van der Waals surface area contributed by atoms with Gasteiger partial charge < -0.3 is 4.48 Å². The Bertz CT molecular complexity index is 831. The maximum absolute atomic E-state index is 13.9. The number of rotatable bonds is 24. The summed E-state index contributed by atoms with van der Waals surface area (Å²) in [5, 5.41) is 0.1000. The predicted molar refractivity (Wildman–Crippen MR) is 140 cm³/mol. The van der Waals surface area contributed by atoms with Crippen LogP contribution in [0, 0.1) is 0 Å². The second-order valence-electron chi connectivity index (χ2n) is 12.0. The summed E-state index contributed by atoms with van der Waals surface area (Å²) in [6.07, 6.45) is 9.89. The van der Waals surface area contributed by atoms with Crippen LogP contribution in [0.15, 0.2) is 0 Å². The molecule has 16 heteroatoms. The van der Waals surface area contributed by atoms with Gasteiger partial charge in [-0.25, -0.2) is 0 Å². The first-order valence-corrected chi connectivity index (χ1v) is 15.0. The zero-order valence-electron chi connectivity index (χ0n) is 25.5. The molecule has 0 heterocycles. The lowest BCUT2D eigenvalue weighted by molar-refractivity contribution is -0.882. The first-order chi connectivity index (χ1) is 19.9. The molecule has 0 aromatic rings. The molecule has 0 aromatic heterocycles. The van der Waals surface area contributed by atoms with E-state index in [1.54, 1.807) is 0 Å². The molecule has 1 amide bonds. The zero-order chi connectivity index (χ0) is 34.5. The highest BCUT2D eigenvalue weighted by Crippen LogP contribution is 2.59. The average molecular weight is 674 g/mol. The second-order valence-corrected chi connectivity index (χ2v) is 12.0. The summed E-state index contributed by atoms with van der Waals surface area (Å²) in [6, 6.07) is -6.62. The van der Waals surface area contributed by atoms with Crippen LogP contribution in [0.4, 0.5) is 57.1 Å². The van der Waals surface area contributed by atoms with Crippen LogP contribution in [0.3, 0.4) is 0 Å². The molecule has 44 heavy (non-hydrogen) atoms. The number of nitrogens with one attached hydrogen (secondary N) is 1. The van der Waals surface area contributed by atoms with Gasteiger partial charge in [0.1, 0.15) is 0 Å². The Balaban J connectivity index is 4.58. The molecule has 0 aliphatic carbocycles. The number of quaternary nitrogens is 1. The fraction of sp³-hybridized carbons (Fsp3) is 0.964. The van der Waals surface area contributed by atoms with Gasteiger partial charge in [0, 0.05) is 0 Å². The molecule has 0 bridgehead atoms. The molecule has 0 radical (unpaired) electrons. The van der Waals surface area contributed by atoms with Gasteiger partial charge in [0.05, 0.1) is 20.6 Å². The van der Waals surface area contributed by atoms with E-state index >= 15 is 0 Å². The number of hydrogen-bond donors (Lipinski definition) is 1. The van der Waals surface area contributed by atoms with E-state index in [1.807, 2.05) is 0 Å². The molecule has 0 unspecified atom stereocenters. The summed E-state index contributed by atoms with van der Waals surface area (Å²) in [7, 11) is 2.60. The lowest BCUT2D eigenvalue weighted by atomic mass is 9.96. The lowest BCUT2D eigenvalue weighted by Crippen LogP contribution is -2.73. The molecule has 0 fully saturated rings. The van der Waals surface area contributed by atoms with Crippen LogP contribution < -0.4 is 5.32 Å². The van der Waals surface area contributed by atoms with E-state index in [0.29, 0.717) is 12.8 Å². The highest BCUT2D eigenvalue weighted by Gasteiger charge is 2.91. The second kappa shape index (κ2) is 17.4. The smallest absolute Gasteiger partial charge is 0.321 e. The van der Waals surface area contributed by atoms with Crippen molar-refractivity contribution in [2.45, 2.75) is 146 Å². The van der Waals surface area contributed by atoms with Crippen molar-refractivity contribution < 1.29 is 66.4 Å². The molecule has 0 aliphatic heterocycles. The molecule has 0 rings (SSSR count). The van der Waals surface area contributed by atoms with E-state index in [-0.39, 0.29) is 11.9 Å². The molecule has 0 atom stereocenters. The molecule has 0 saturated heterocycles. The number of unbranched alkanes of at least 4 members (excludes halogenated alkanes) is 15. The van der Waals surface area contributed by atoms with E-state index in [9.17, 15) is 61.9 Å². The minimum Gasteiger partial charge on any atom is -0.321 e. The number of carbonyl (C=O) groups excluding carboxylic acids is 1. The van der Waals surface area contributed by atoms with E-state index in [1.165, 1.54) is 71.9 Å². The molecule has 0 spiro atoms. The summed E-state index contributed by atoms with van der Waals surface area (Å²) in [4.78, 5) is 11.9. The maximum atomic E-state index is 13.9. The van der Waals surface area contributed by atoms with Gasteiger partial charge in [-0.05, 0) is 12.8 Å². The molecule has 0 aromatic carbocycles. The minimum atomic E-state index is -8.00. The van der Waals surface area contributed by atoms with Gasteiger partial charge in [0.25, 0.3) is 5.91 Å². The van der Waals surface area contributed by atoms with Gasteiger partial charge in [-0.2, -0.15) is 57.1 Å². The van der Waals surface area contributed by atoms with E-state index < -0.39 is 52.8 Å². The van der Waals surface area contributed by atoms with Gasteiger partial charge in [0.2, 0.25) is 0 Å². The normalized spacial score (nSPS) is 14.3. The largest absolute Gasteiger partial charge is 0.460 e. The molecule has 3 nitrogen and oxygen atoms in total. The van der Waals surface area contributed by atoms with E-state index in [0.717, 1.165) is 32.1 Å². The number of likely N-dealkylation sites (N-methyl/N-ethyl adjacent to an activating group) is 1. The van der Waals surface area contributed by atoms with Gasteiger partial charge in [-0.15, -0.1) is 0 Å². The van der Waals surface area contributed by atoms with Crippen LogP contribution in [-0.4, -0.2) is 73.5 Å². The summed E-state index contributed by atoms with van der Waals surface area (Å²) >= 11 is 0. The average Bonchev–Trinajstić information content (AvgIpc) is 2.86. The third-order valence-corrected chi connectivity index (χ3v) is 7.42. The van der Waals surface area contributed by atoms with Gasteiger partial charge in [-0.3, -0.25) is 10.1 Å². The maximum Gasteiger partial charge on any atom is 0.460 e. The van der Waals surface area contributed by atoms with Crippen molar-refractivity contribution in [1.29, 1.82) is 0 Å². The quantitative estimate of drug-likeness (QED) is 0.0470. The topological polar surface area (TPSA) is 29.1 Å². The Hall–Kier alpha value is -1.48. The fourth-order valence-electron chi connectivity index (χ4n) is 4.62. The van der Waals surface area contributed by atoms with Crippen molar-refractivity contribution >= 4 is 5.91 Å². The van der Waals surface area contributed by atoms with Crippen LogP contribution in [-0.2, 0) is 4.79 Å². The number of halogens is 13.